The second-order valence-corrected chi connectivity index (χ2v) is 3.75. The highest BCUT2D eigenvalue weighted by Gasteiger charge is 2.18. The summed E-state index contributed by atoms with van der Waals surface area (Å²) >= 11 is 0. The number of nitrogen functional groups attached to an aromatic ring is 1. The molecule has 0 fully saturated rings. The van der Waals surface area contributed by atoms with Crippen LogP contribution in [0.3, 0.4) is 0 Å². The van der Waals surface area contributed by atoms with E-state index in [0.717, 1.165) is 0 Å². The lowest BCUT2D eigenvalue weighted by Gasteiger charge is -2.25. The molecule has 0 aliphatic carbocycles. The van der Waals surface area contributed by atoms with Gasteiger partial charge in [-0.05, 0) is 26.0 Å². The highest BCUT2D eigenvalue weighted by molar-refractivity contribution is 5.52. The van der Waals surface area contributed by atoms with E-state index in [1.165, 1.54) is 18.2 Å². The molecule has 0 saturated heterocycles. The van der Waals surface area contributed by atoms with Crippen LogP contribution in [0, 0.1) is 5.82 Å². The molecule has 0 aliphatic rings. The smallest absolute Gasteiger partial charge is 0.145 e. The SMILES string of the molecule is CC(C)(CN)Oc1cc(F)ccc1N. The zero-order chi connectivity index (χ0) is 10.8. The van der Waals surface area contributed by atoms with Crippen molar-refractivity contribution in [3.05, 3.63) is 24.0 Å². The Labute approximate surface area is 82.9 Å². The number of rotatable bonds is 3. The first-order valence-corrected chi connectivity index (χ1v) is 4.39. The van der Waals surface area contributed by atoms with Gasteiger partial charge in [-0.25, -0.2) is 4.39 Å². The van der Waals surface area contributed by atoms with E-state index in [2.05, 4.69) is 0 Å². The van der Waals surface area contributed by atoms with E-state index in [-0.39, 0.29) is 5.82 Å². The molecule has 1 aromatic rings. The molecule has 1 rings (SSSR count). The number of hydrogen-bond donors (Lipinski definition) is 2. The Morgan fingerprint density at radius 2 is 2.07 bits per heavy atom. The van der Waals surface area contributed by atoms with E-state index in [1.807, 2.05) is 13.8 Å². The quantitative estimate of drug-likeness (QED) is 0.724. The van der Waals surface area contributed by atoms with Crippen molar-refractivity contribution in [3.8, 4) is 5.75 Å². The fourth-order valence-electron chi connectivity index (χ4n) is 0.936. The van der Waals surface area contributed by atoms with Crippen LogP contribution in [0.5, 0.6) is 5.75 Å². The minimum atomic E-state index is -0.540. The van der Waals surface area contributed by atoms with Crippen molar-refractivity contribution in [2.75, 3.05) is 12.3 Å². The number of anilines is 1. The molecule has 0 unspecified atom stereocenters. The summed E-state index contributed by atoms with van der Waals surface area (Å²) in [6.45, 7) is 3.97. The van der Waals surface area contributed by atoms with Crippen molar-refractivity contribution < 1.29 is 9.13 Å². The Hall–Kier alpha value is -1.29. The van der Waals surface area contributed by atoms with Crippen molar-refractivity contribution in [1.82, 2.24) is 0 Å². The molecule has 0 bridgehead atoms. The summed E-state index contributed by atoms with van der Waals surface area (Å²) in [6, 6.07) is 4.02. The van der Waals surface area contributed by atoms with Crippen LogP contribution in [0.15, 0.2) is 18.2 Å². The Morgan fingerprint density at radius 3 is 2.64 bits per heavy atom. The van der Waals surface area contributed by atoms with Gasteiger partial charge in [0.15, 0.2) is 0 Å². The van der Waals surface area contributed by atoms with Crippen molar-refractivity contribution in [2.45, 2.75) is 19.4 Å². The Kier molecular flexibility index (Phi) is 2.96. The Morgan fingerprint density at radius 1 is 1.43 bits per heavy atom. The van der Waals surface area contributed by atoms with Crippen LogP contribution in [0.25, 0.3) is 0 Å². The van der Waals surface area contributed by atoms with Gasteiger partial charge in [-0.1, -0.05) is 0 Å². The van der Waals surface area contributed by atoms with Crippen molar-refractivity contribution in [3.63, 3.8) is 0 Å². The van der Waals surface area contributed by atoms with Gasteiger partial charge in [-0.15, -0.1) is 0 Å². The third kappa shape index (κ3) is 2.60. The summed E-state index contributed by atoms with van der Waals surface area (Å²) in [7, 11) is 0. The van der Waals surface area contributed by atoms with Gasteiger partial charge in [0.25, 0.3) is 0 Å². The molecule has 0 saturated carbocycles. The molecule has 14 heavy (non-hydrogen) atoms. The minimum absolute atomic E-state index is 0.334. The average molecular weight is 198 g/mol. The minimum Gasteiger partial charge on any atom is -0.484 e. The first kappa shape index (κ1) is 10.8. The summed E-state index contributed by atoms with van der Waals surface area (Å²) < 4.78 is 18.3. The van der Waals surface area contributed by atoms with E-state index in [1.54, 1.807) is 0 Å². The molecule has 0 spiro atoms. The van der Waals surface area contributed by atoms with E-state index < -0.39 is 5.60 Å². The molecular weight excluding hydrogens is 183 g/mol. The van der Waals surface area contributed by atoms with Crippen molar-refractivity contribution >= 4 is 5.69 Å². The molecule has 78 valence electrons. The predicted octanol–water partition coefficient (Wildman–Crippen LogP) is 1.52. The van der Waals surface area contributed by atoms with Gasteiger partial charge >= 0.3 is 0 Å². The molecule has 0 heterocycles. The zero-order valence-corrected chi connectivity index (χ0v) is 8.38. The number of ether oxygens (including phenoxy) is 1. The molecule has 0 atom stereocenters. The third-order valence-electron chi connectivity index (χ3n) is 1.85. The zero-order valence-electron chi connectivity index (χ0n) is 8.38. The maximum atomic E-state index is 12.9. The summed E-state index contributed by atoms with van der Waals surface area (Å²) in [6.07, 6.45) is 0. The Balaban J connectivity index is 2.91. The Bertz CT molecular complexity index is 326. The van der Waals surface area contributed by atoms with E-state index in [9.17, 15) is 4.39 Å². The molecular formula is C10H15FN2O. The number of benzene rings is 1. The summed E-state index contributed by atoms with van der Waals surface area (Å²) in [4.78, 5) is 0. The third-order valence-corrected chi connectivity index (χ3v) is 1.85. The largest absolute Gasteiger partial charge is 0.484 e. The van der Waals surface area contributed by atoms with Gasteiger partial charge in [-0.3, -0.25) is 0 Å². The number of nitrogens with two attached hydrogens (primary N) is 2. The number of halogens is 1. The second-order valence-electron chi connectivity index (χ2n) is 3.75. The van der Waals surface area contributed by atoms with E-state index in [0.29, 0.717) is 18.0 Å². The van der Waals surface area contributed by atoms with Crippen LogP contribution in [-0.2, 0) is 0 Å². The second kappa shape index (κ2) is 3.84. The first-order chi connectivity index (χ1) is 6.44. The van der Waals surface area contributed by atoms with E-state index in [4.69, 9.17) is 16.2 Å². The van der Waals surface area contributed by atoms with Crippen LogP contribution >= 0.6 is 0 Å². The molecule has 0 aromatic heterocycles. The van der Waals surface area contributed by atoms with Gasteiger partial charge in [0.1, 0.15) is 17.2 Å². The van der Waals surface area contributed by atoms with Gasteiger partial charge in [0, 0.05) is 12.6 Å². The fraction of sp³-hybridized carbons (Fsp3) is 0.400. The van der Waals surface area contributed by atoms with Crippen LogP contribution in [0.2, 0.25) is 0 Å². The first-order valence-electron chi connectivity index (χ1n) is 4.39. The number of hydrogen-bond acceptors (Lipinski definition) is 3. The summed E-state index contributed by atoms with van der Waals surface area (Å²) in [5, 5.41) is 0. The topological polar surface area (TPSA) is 61.3 Å². The van der Waals surface area contributed by atoms with E-state index >= 15 is 0 Å². The molecule has 0 aliphatic heterocycles. The molecule has 1 aromatic carbocycles. The summed E-state index contributed by atoms with van der Waals surface area (Å²) in [5.74, 6) is -0.0394. The van der Waals surface area contributed by atoms with Crippen molar-refractivity contribution in [2.24, 2.45) is 5.73 Å². The molecule has 4 N–H and O–H groups in total. The lowest BCUT2D eigenvalue weighted by molar-refractivity contribution is 0.119. The van der Waals surface area contributed by atoms with Gasteiger partial charge in [0.05, 0.1) is 5.69 Å². The lowest BCUT2D eigenvalue weighted by atomic mass is 10.1. The predicted molar refractivity (Wildman–Crippen MR) is 54.6 cm³/mol. The van der Waals surface area contributed by atoms with Crippen LogP contribution in [-0.4, -0.2) is 12.1 Å². The normalized spacial score (nSPS) is 11.4. The van der Waals surface area contributed by atoms with Crippen LogP contribution in [0.1, 0.15) is 13.8 Å². The van der Waals surface area contributed by atoms with Gasteiger partial charge in [-0.2, -0.15) is 0 Å². The fourth-order valence-corrected chi connectivity index (χ4v) is 0.936. The standard InChI is InChI=1S/C10H15FN2O/c1-10(2,6-12)14-9-5-7(11)3-4-8(9)13/h3-5H,6,12-13H2,1-2H3. The lowest BCUT2D eigenvalue weighted by Crippen LogP contribution is -2.37. The monoisotopic (exact) mass is 198 g/mol. The average Bonchev–Trinajstić information content (AvgIpc) is 2.11. The molecule has 0 amide bonds. The molecule has 4 heteroatoms. The summed E-state index contributed by atoms with van der Waals surface area (Å²) in [5.41, 5.74) is 11.0. The highest BCUT2D eigenvalue weighted by Crippen LogP contribution is 2.25. The molecule has 3 nitrogen and oxygen atoms in total. The van der Waals surface area contributed by atoms with Gasteiger partial charge < -0.3 is 16.2 Å². The maximum absolute atomic E-state index is 12.9. The molecule has 0 radical (unpaired) electrons. The maximum Gasteiger partial charge on any atom is 0.145 e. The van der Waals surface area contributed by atoms with Crippen LogP contribution < -0.4 is 16.2 Å². The van der Waals surface area contributed by atoms with Gasteiger partial charge in [0.2, 0.25) is 0 Å². The van der Waals surface area contributed by atoms with Crippen LogP contribution in [0.4, 0.5) is 10.1 Å². The van der Waals surface area contributed by atoms with Crippen molar-refractivity contribution in [1.29, 1.82) is 0 Å². The highest BCUT2D eigenvalue weighted by atomic mass is 19.1.